The van der Waals surface area contributed by atoms with E-state index >= 15 is 0 Å². The van der Waals surface area contributed by atoms with Crippen LogP contribution < -0.4 is 0 Å². The second kappa shape index (κ2) is 2.17. The topological polar surface area (TPSA) is 9.23 Å². The first-order valence-corrected chi connectivity index (χ1v) is 2.65. The molecule has 0 bridgehead atoms. The molecule has 0 aromatic carbocycles. The summed E-state index contributed by atoms with van der Waals surface area (Å²) >= 11 is 0. The molecule has 1 aliphatic rings. The van der Waals surface area contributed by atoms with Crippen LogP contribution in [0.4, 0.5) is 22.0 Å². The first kappa shape index (κ1) is 8.45. The van der Waals surface area contributed by atoms with Gasteiger partial charge in [0.25, 0.3) is 0 Å². The number of hydrogen-bond donors (Lipinski definition) is 0. The minimum absolute atomic E-state index is 0.115. The molecule has 1 nitrogen and oxygen atoms in total. The quantitative estimate of drug-likeness (QED) is 0.512. The normalized spacial score (nSPS) is 27.9. The highest BCUT2D eigenvalue weighted by molar-refractivity contribution is 5.04. The Morgan fingerprint density at radius 1 is 1.27 bits per heavy atom. The van der Waals surface area contributed by atoms with Gasteiger partial charge in [0, 0.05) is 0 Å². The number of rotatable bonds is 0. The summed E-state index contributed by atoms with van der Waals surface area (Å²) < 4.78 is 62.6. The van der Waals surface area contributed by atoms with Crippen LogP contribution in [-0.2, 0) is 4.74 Å². The zero-order chi connectivity index (χ0) is 8.70. The standard InChI is InChI=1S/C5H3F5O/c6-3-1-2-4(7,8)11-5(3,9)10/h1H,2H2. The van der Waals surface area contributed by atoms with Gasteiger partial charge >= 0.3 is 12.2 Å². The molecule has 0 fully saturated rings. The van der Waals surface area contributed by atoms with Crippen molar-refractivity contribution >= 4 is 0 Å². The molecule has 0 saturated heterocycles. The van der Waals surface area contributed by atoms with Crippen LogP contribution in [-0.4, -0.2) is 12.2 Å². The van der Waals surface area contributed by atoms with E-state index in [9.17, 15) is 22.0 Å². The minimum Gasteiger partial charge on any atom is -0.249 e. The van der Waals surface area contributed by atoms with Crippen molar-refractivity contribution < 1.29 is 26.7 Å². The van der Waals surface area contributed by atoms with Gasteiger partial charge < -0.3 is 0 Å². The molecular weight excluding hydrogens is 171 g/mol. The highest BCUT2D eigenvalue weighted by Crippen LogP contribution is 2.39. The van der Waals surface area contributed by atoms with Crippen LogP contribution >= 0.6 is 0 Å². The number of hydrogen-bond acceptors (Lipinski definition) is 1. The average molecular weight is 174 g/mol. The second-order valence-corrected chi connectivity index (χ2v) is 2.01. The first-order valence-electron chi connectivity index (χ1n) is 2.65. The van der Waals surface area contributed by atoms with Crippen molar-refractivity contribution in [2.75, 3.05) is 0 Å². The van der Waals surface area contributed by atoms with E-state index in [2.05, 4.69) is 4.74 Å². The summed E-state index contributed by atoms with van der Waals surface area (Å²) in [6.45, 7) is 0. The van der Waals surface area contributed by atoms with Crippen LogP contribution in [0.3, 0.4) is 0 Å². The number of alkyl halides is 4. The predicted octanol–water partition coefficient (Wildman–Crippen LogP) is 2.45. The van der Waals surface area contributed by atoms with Crippen molar-refractivity contribution in [1.82, 2.24) is 0 Å². The molecule has 0 aromatic heterocycles. The molecule has 1 aliphatic heterocycles. The largest absolute Gasteiger partial charge is 0.413 e. The maximum atomic E-state index is 12.0. The van der Waals surface area contributed by atoms with Gasteiger partial charge in [-0.3, -0.25) is 0 Å². The highest BCUT2D eigenvalue weighted by atomic mass is 19.3. The summed E-state index contributed by atoms with van der Waals surface area (Å²) in [5.41, 5.74) is 0. The molecule has 0 radical (unpaired) electrons. The van der Waals surface area contributed by atoms with Crippen molar-refractivity contribution in [3.63, 3.8) is 0 Å². The monoisotopic (exact) mass is 174 g/mol. The van der Waals surface area contributed by atoms with Crippen LogP contribution in [0.5, 0.6) is 0 Å². The van der Waals surface area contributed by atoms with E-state index in [1.54, 1.807) is 0 Å². The average Bonchev–Trinajstić information content (AvgIpc) is 1.77. The molecule has 0 saturated carbocycles. The Morgan fingerprint density at radius 2 is 1.82 bits per heavy atom. The van der Waals surface area contributed by atoms with E-state index in [1.807, 2.05) is 0 Å². The maximum Gasteiger partial charge on any atom is 0.413 e. The zero-order valence-electron chi connectivity index (χ0n) is 5.08. The Hall–Kier alpha value is -0.650. The smallest absolute Gasteiger partial charge is 0.249 e. The van der Waals surface area contributed by atoms with E-state index < -0.39 is 24.5 Å². The summed E-state index contributed by atoms with van der Waals surface area (Å²) in [6, 6.07) is 0. The first-order chi connectivity index (χ1) is 4.83. The van der Waals surface area contributed by atoms with Gasteiger partial charge in [-0.2, -0.15) is 17.6 Å². The lowest BCUT2D eigenvalue weighted by Crippen LogP contribution is -2.36. The molecule has 0 atom stereocenters. The molecule has 0 amide bonds. The molecule has 0 aliphatic carbocycles. The summed E-state index contributed by atoms with van der Waals surface area (Å²) in [6.07, 6.45) is -9.50. The summed E-state index contributed by atoms with van der Waals surface area (Å²) in [5, 5.41) is 0. The summed E-state index contributed by atoms with van der Waals surface area (Å²) in [4.78, 5) is 0. The van der Waals surface area contributed by atoms with Crippen molar-refractivity contribution in [3.05, 3.63) is 11.9 Å². The molecule has 0 unspecified atom stereocenters. The molecule has 0 N–H and O–H groups in total. The lowest BCUT2D eigenvalue weighted by Gasteiger charge is -2.25. The Kier molecular flexibility index (Phi) is 1.66. The lowest BCUT2D eigenvalue weighted by molar-refractivity contribution is -0.370. The Bertz CT molecular complexity index is 197. The molecule has 11 heavy (non-hydrogen) atoms. The summed E-state index contributed by atoms with van der Waals surface area (Å²) in [5.74, 6) is -1.97. The van der Waals surface area contributed by atoms with Gasteiger partial charge in [-0.1, -0.05) is 0 Å². The lowest BCUT2D eigenvalue weighted by atomic mass is 10.3. The minimum atomic E-state index is -4.48. The van der Waals surface area contributed by atoms with E-state index in [4.69, 9.17) is 0 Å². The molecule has 1 heterocycles. The van der Waals surface area contributed by atoms with Crippen LogP contribution in [0.15, 0.2) is 11.9 Å². The fourth-order valence-electron chi connectivity index (χ4n) is 0.605. The molecular formula is C5H3F5O. The van der Waals surface area contributed by atoms with Gasteiger partial charge in [-0.05, 0) is 6.08 Å². The zero-order valence-corrected chi connectivity index (χ0v) is 5.08. The molecule has 1 rings (SSSR count). The third kappa shape index (κ3) is 1.68. The van der Waals surface area contributed by atoms with Gasteiger partial charge in [0.1, 0.15) is 0 Å². The van der Waals surface area contributed by atoms with Gasteiger partial charge in [0.05, 0.1) is 6.42 Å². The van der Waals surface area contributed by atoms with Crippen molar-refractivity contribution in [2.24, 2.45) is 0 Å². The predicted molar refractivity (Wildman–Crippen MR) is 24.8 cm³/mol. The molecule has 0 spiro atoms. The van der Waals surface area contributed by atoms with Crippen LogP contribution in [0.25, 0.3) is 0 Å². The third-order valence-electron chi connectivity index (χ3n) is 1.07. The number of halogens is 5. The van der Waals surface area contributed by atoms with Crippen molar-refractivity contribution in [3.8, 4) is 0 Å². The summed E-state index contributed by atoms with van der Waals surface area (Å²) in [7, 11) is 0. The Labute approximate surface area is 58.4 Å². The Balaban J connectivity index is 2.86. The fraction of sp³-hybridized carbons (Fsp3) is 0.600. The van der Waals surface area contributed by atoms with Gasteiger partial charge in [0.15, 0.2) is 5.83 Å². The van der Waals surface area contributed by atoms with Gasteiger partial charge in [0.2, 0.25) is 0 Å². The number of ether oxygens (including phenoxy) is 1. The van der Waals surface area contributed by atoms with Crippen LogP contribution in [0.2, 0.25) is 0 Å². The fourth-order valence-corrected chi connectivity index (χ4v) is 0.605. The van der Waals surface area contributed by atoms with E-state index in [0.717, 1.165) is 0 Å². The second-order valence-electron chi connectivity index (χ2n) is 2.01. The van der Waals surface area contributed by atoms with Crippen LogP contribution in [0, 0.1) is 0 Å². The molecule has 64 valence electrons. The van der Waals surface area contributed by atoms with Gasteiger partial charge in [-0.15, -0.1) is 0 Å². The third-order valence-corrected chi connectivity index (χ3v) is 1.07. The SMILES string of the molecule is FC1=CCC(F)(F)OC1(F)F. The van der Waals surface area contributed by atoms with Crippen LogP contribution in [0.1, 0.15) is 6.42 Å². The molecule has 6 heteroatoms. The molecule has 0 aromatic rings. The Morgan fingerprint density at radius 3 is 2.18 bits per heavy atom. The van der Waals surface area contributed by atoms with Crippen molar-refractivity contribution in [1.29, 1.82) is 0 Å². The van der Waals surface area contributed by atoms with E-state index in [1.165, 1.54) is 0 Å². The van der Waals surface area contributed by atoms with E-state index in [0.29, 0.717) is 0 Å². The van der Waals surface area contributed by atoms with Crippen molar-refractivity contribution in [2.45, 2.75) is 18.6 Å². The van der Waals surface area contributed by atoms with Gasteiger partial charge in [-0.25, -0.2) is 9.13 Å². The maximum absolute atomic E-state index is 12.0. The van der Waals surface area contributed by atoms with E-state index in [-0.39, 0.29) is 6.08 Å². The highest BCUT2D eigenvalue weighted by Gasteiger charge is 2.50.